The SMILES string of the molecule is COc1ncccc1CN1CCC2(CNC(=O)CO2)C1. The van der Waals surface area contributed by atoms with E-state index in [1.807, 2.05) is 12.1 Å². The Balaban J connectivity index is 1.64. The maximum absolute atomic E-state index is 11.2. The third-order valence-corrected chi connectivity index (χ3v) is 3.95. The van der Waals surface area contributed by atoms with Gasteiger partial charge in [0.05, 0.1) is 12.7 Å². The second kappa shape index (κ2) is 5.38. The van der Waals surface area contributed by atoms with Crippen LogP contribution in [-0.2, 0) is 16.1 Å². The molecule has 1 N–H and O–H groups in total. The van der Waals surface area contributed by atoms with Gasteiger partial charge < -0.3 is 14.8 Å². The summed E-state index contributed by atoms with van der Waals surface area (Å²) < 4.78 is 11.0. The third-order valence-electron chi connectivity index (χ3n) is 3.95. The van der Waals surface area contributed by atoms with Crippen LogP contribution in [0.15, 0.2) is 18.3 Å². The second-order valence-corrected chi connectivity index (χ2v) is 5.38. The number of rotatable bonds is 3. The van der Waals surface area contributed by atoms with Crippen molar-refractivity contribution in [3.63, 3.8) is 0 Å². The first-order chi connectivity index (χ1) is 9.71. The van der Waals surface area contributed by atoms with Crippen LogP contribution in [0.25, 0.3) is 0 Å². The number of carbonyl (C=O) groups is 1. The number of nitrogens with one attached hydrogen (secondary N) is 1. The van der Waals surface area contributed by atoms with E-state index < -0.39 is 0 Å². The number of pyridine rings is 1. The number of ether oxygens (including phenoxy) is 2. The molecule has 1 aromatic rings. The van der Waals surface area contributed by atoms with E-state index in [2.05, 4.69) is 15.2 Å². The van der Waals surface area contributed by atoms with Crippen LogP contribution in [0.5, 0.6) is 5.88 Å². The Bertz CT molecular complexity index is 496. The number of nitrogens with zero attached hydrogens (tertiary/aromatic N) is 2. The molecular weight excluding hydrogens is 258 g/mol. The predicted octanol–water partition coefficient (Wildman–Crippen LogP) is 0.181. The van der Waals surface area contributed by atoms with Crippen molar-refractivity contribution in [1.82, 2.24) is 15.2 Å². The lowest BCUT2D eigenvalue weighted by Gasteiger charge is -2.33. The van der Waals surface area contributed by atoms with Gasteiger partial charge in [-0.25, -0.2) is 4.98 Å². The standard InChI is InChI=1S/C14H19N3O3/c1-19-13-11(3-2-5-15-13)7-17-6-4-14(10-17)9-16-12(18)8-20-14/h2-3,5H,4,6-10H2,1H3,(H,16,18). The maximum atomic E-state index is 11.2. The number of carbonyl (C=O) groups excluding carboxylic acids is 1. The van der Waals surface area contributed by atoms with Gasteiger partial charge in [0, 0.05) is 37.9 Å². The minimum absolute atomic E-state index is 0.0250. The van der Waals surface area contributed by atoms with Gasteiger partial charge in [0.1, 0.15) is 6.61 Å². The number of hydrogen-bond donors (Lipinski definition) is 1. The van der Waals surface area contributed by atoms with E-state index in [1.165, 1.54) is 0 Å². The topological polar surface area (TPSA) is 63.7 Å². The molecule has 2 aliphatic rings. The average Bonchev–Trinajstić information content (AvgIpc) is 2.86. The fourth-order valence-corrected chi connectivity index (χ4v) is 2.87. The molecule has 0 bridgehead atoms. The Morgan fingerprint density at radius 2 is 2.50 bits per heavy atom. The van der Waals surface area contributed by atoms with E-state index in [0.717, 1.165) is 31.6 Å². The molecule has 6 heteroatoms. The molecule has 108 valence electrons. The number of amides is 1. The molecule has 2 saturated heterocycles. The zero-order chi connectivity index (χ0) is 14.0. The molecule has 2 fully saturated rings. The molecule has 1 amide bonds. The first-order valence-corrected chi connectivity index (χ1v) is 6.82. The molecule has 1 aromatic heterocycles. The molecule has 6 nitrogen and oxygen atoms in total. The van der Waals surface area contributed by atoms with Crippen LogP contribution in [0.4, 0.5) is 0 Å². The van der Waals surface area contributed by atoms with Crippen molar-refractivity contribution in [3.05, 3.63) is 23.9 Å². The summed E-state index contributed by atoms with van der Waals surface area (Å²) in [7, 11) is 1.64. The normalized spacial score (nSPS) is 26.8. The summed E-state index contributed by atoms with van der Waals surface area (Å²) in [6.07, 6.45) is 2.67. The number of morpholine rings is 1. The van der Waals surface area contributed by atoms with Gasteiger partial charge >= 0.3 is 0 Å². The minimum Gasteiger partial charge on any atom is -0.481 e. The lowest BCUT2D eigenvalue weighted by atomic mass is 10.0. The highest BCUT2D eigenvalue weighted by atomic mass is 16.5. The van der Waals surface area contributed by atoms with E-state index >= 15 is 0 Å². The molecule has 20 heavy (non-hydrogen) atoms. The molecule has 0 radical (unpaired) electrons. The van der Waals surface area contributed by atoms with Crippen LogP contribution in [-0.4, -0.2) is 54.7 Å². The fourth-order valence-electron chi connectivity index (χ4n) is 2.87. The van der Waals surface area contributed by atoms with E-state index in [9.17, 15) is 4.79 Å². The molecule has 0 aromatic carbocycles. The van der Waals surface area contributed by atoms with Crippen LogP contribution >= 0.6 is 0 Å². The third kappa shape index (κ3) is 2.62. The van der Waals surface area contributed by atoms with Crippen LogP contribution < -0.4 is 10.1 Å². The quantitative estimate of drug-likeness (QED) is 0.854. The summed E-state index contributed by atoms with van der Waals surface area (Å²) in [5.41, 5.74) is 0.857. The van der Waals surface area contributed by atoms with Gasteiger partial charge in [-0.3, -0.25) is 9.69 Å². The van der Waals surface area contributed by atoms with Crippen molar-refractivity contribution in [3.8, 4) is 5.88 Å². The van der Waals surface area contributed by atoms with E-state index in [0.29, 0.717) is 12.4 Å². The van der Waals surface area contributed by atoms with Gasteiger partial charge in [0.25, 0.3) is 0 Å². The lowest BCUT2D eigenvalue weighted by Crippen LogP contribution is -2.53. The summed E-state index contributed by atoms with van der Waals surface area (Å²) in [6.45, 7) is 3.34. The fraction of sp³-hybridized carbons (Fsp3) is 0.571. The summed E-state index contributed by atoms with van der Waals surface area (Å²) >= 11 is 0. The van der Waals surface area contributed by atoms with Crippen LogP contribution in [0.2, 0.25) is 0 Å². The van der Waals surface area contributed by atoms with E-state index in [-0.39, 0.29) is 18.1 Å². The zero-order valence-electron chi connectivity index (χ0n) is 11.6. The molecule has 3 heterocycles. The van der Waals surface area contributed by atoms with Crippen LogP contribution in [0, 0.1) is 0 Å². The van der Waals surface area contributed by atoms with E-state index in [4.69, 9.17) is 9.47 Å². The van der Waals surface area contributed by atoms with Gasteiger partial charge in [-0.1, -0.05) is 6.07 Å². The molecule has 0 aliphatic carbocycles. The molecular formula is C14H19N3O3. The van der Waals surface area contributed by atoms with Gasteiger partial charge in [0.2, 0.25) is 11.8 Å². The number of likely N-dealkylation sites (tertiary alicyclic amines) is 1. The van der Waals surface area contributed by atoms with Crippen LogP contribution in [0.3, 0.4) is 0 Å². The number of hydrogen-bond acceptors (Lipinski definition) is 5. The molecule has 0 saturated carbocycles. The predicted molar refractivity (Wildman–Crippen MR) is 72.4 cm³/mol. The monoisotopic (exact) mass is 277 g/mol. The summed E-state index contributed by atoms with van der Waals surface area (Å²) in [5.74, 6) is 0.648. The van der Waals surface area contributed by atoms with Crippen LogP contribution in [0.1, 0.15) is 12.0 Å². The molecule has 2 aliphatic heterocycles. The highest BCUT2D eigenvalue weighted by Crippen LogP contribution is 2.29. The Morgan fingerprint density at radius 3 is 3.25 bits per heavy atom. The van der Waals surface area contributed by atoms with Gasteiger partial charge in [-0.05, 0) is 12.5 Å². The Labute approximate surface area is 118 Å². The molecule has 1 atom stereocenters. The first kappa shape index (κ1) is 13.3. The van der Waals surface area contributed by atoms with Crippen molar-refractivity contribution in [2.24, 2.45) is 0 Å². The van der Waals surface area contributed by atoms with Gasteiger partial charge in [-0.15, -0.1) is 0 Å². The van der Waals surface area contributed by atoms with Gasteiger partial charge in [0.15, 0.2) is 0 Å². The Kier molecular flexibility index (Phi) is 3.58. The maximum Gasteiger partial charge on any atom is 0.246 e. The number of methoxy groups -OCH3 is 1. The van der Waals surface area contributed by atoms with Crippen molar-refractivity contribution < 1.29 is 14.3 Å². The van der Waals surface area contributed by atoms with Gasteiger partial charge in [-0.2, -0.15) is 0 Å². The highest BCUT2D eigenvalue weighted by Gasteiger charge is 2.42. The van der Waals surface area contributed by atoms with Crippen molar-refractivity contribution in [1.29, 1.82) is 0 Å². The van der Waals surface area contributed by atoms with Crippen molar-refractivity contribution in [2.45, 2.75) is 18.6 Å². The smallest absolute Gasteiger partial charge is 0.246 e. The molecule has 1 unspecified atom stereocenters. The summed E-state index contributed by atoms with van der Waals surface area (Å²) in [5, 5.41) is 2.89. The minimum atomic E-state index is -0.219. The van der Waals surface area contributed by atoms with Crippen molar-refractivity contribution >= 4 is 5.91 Å². The Hall–Kier alpha value is -1.66. The first-order valence-electron chi connectivity index (χ1n) is 6.82. The Morgan fingerprint density at radius 1 is 1.60 bits per heavy atom. The average molecular weight is 277 g/mol. The highest BCUT2D eigenvalue weighted by molar-refractivity contribution is 5.78. The number of aromatic nitrogens is 1. The zero-order valence-corrected chi connectivity index (χ0v) is 11.6. The molecule has 3 rings (SSSR count). The second-order valence-electron chi connectivity index (χ2n) is 5.38. The largest absolute Gasteiger partial charge is 0.481 e. The summed E-state index contributed by atoms with van der Waals surface area (Å²) in [4.78, 5) is 17.7. The summed E-state index contributed by atoms with van der Waals surface area (Å²) in [6, 6.07) is 3.95. The van der Waals surface area contributed by atoms with Crippen molar-refractivity contribution in [2.75, 3.05) is 33.4 Å². The lowest BCUT2D eigenvalue weighted by molar-refractivity contribution is -0.142. The van der Waals surface area contributed by atoms with E-state index in [1.54, 1.807) is 13.3 Å². The molecule has 1 spiro atoms.